The summed E-state index contributed by atoms with van der Waals surface area (Å²) in [5.74, 6) is 0. The molecule has 0 saturated carbocycles. The fraction of sp³-hybridized carbons (Fsp3) is 0. The van der Waals surface area contributed by atoms with E-state index in [1.165, 1.54) is 0 Å². The summed E-state index contributed by atoms with van der Waals surface area (Å²) in [5.41, 5.74) is 0. The van der Waals surface area contributed by atoms with Crippen molar-refractivity contribution in [3.05, 3.63) is 0 Å². The molecule has 9 nitrogen and oxygen atoms in total. The maximum atomic E-state index is 8.33. The molecule has 0 aliphatic heterocycles. The normalized spacial score (nSPS) is 4.80. The molecule has 0 aromatic heterocycles. The number of hydrogen-bond donors (Lipinski definition) is 0. The summed E-state index contributed by atoms with van der Waals surface area (Å²) < 4.78 is 0. The number of carboxylic acid groups (broad SMARTS) is 6. The van der Waals surface area contributed by atoms with Crippen LogP contribution < -0.4 is 30.6 Å². The molecular formula is C3FeMgMnO9. The maximum Gasteiger partial charge on any atom is 2.00 e. The third-order valence-corrected chi connectivity index (χ3v) is 0. The molecule has 0 aliphatic rings. The second-order valence-corrected chi connectivity index (χ2v) is 0.750. The van der Waals surface area contributed by atoms with E-state index in [1.807, 2.05) is 0 Å². The van der Waals surface area contributed by atoms with E-state index >= 15 is 0 Å². The minimum atomic E-state index is -2.33. The van der Waals surface area contributed by atoms with Crippen molar-refractivity contribution in [2.24, 2.45) is 0 Å². The van der Waals surface area contributed by atoms with Crippen molar-refractivity contribution in [1.82, 2.24) is 0 Å². The van der Waals surface area contributed by atoms with Gasteiger partial charge in [-0.1, -0.05) is 0 Å². The Hall–Kier alpha value is -0.385. The van der Waals surface area contributed by atoms with Crippen molar-refractivity contribution in [3.63, 3.8) is 0 Å². The van der Waals surface area contributed by atoms with Crippen LogP contribution >= 0.6 is 0 Å². The molecule has 0 fully saturated rings. The molecule has 1 radical (unpaired) electrons. The van der Waals surface area contributed by atoms with Crippen LogP contribution in [0.2, 0.25) is 0 Å². The first kappa shape index (κ1) is 36.5. The summed E-state index contributed by atoms with van der Waals surface area (Å²) in [6.07, 6.45) is -7.00. The third kappa shape index (κ3) is 12400. The summed E-state index contributed by atoms with van der Waals surface area (Å²) in [6.45, 7) is 0. The molecule has 15 heavy (non-hydrogen) atoms. The molecule has 0 N–H and O–H groups in total. The molecule has 0 saturated heterocycles. The van der Waals surface area contributed by atoms with E-state index in [4.69, 9.17) is 45.0 Å². The SMILES string of the molecule is O=C([O-])[O-].O=C([O-])[O-].O=C([O-])[O-].[Fe+2].[Mg+2].[Mn+2]. The molecule has 0 rings (SSSR count). The van der Waals surface area contributed by atoms with E-state index in [9.17, 15) is 0 Å². The van der Waals surface area contributed by atoms with Crippen LogP contribution in [0, 0.1) is 0 Å². The Bertz CT molecular complexity index is 123. The van der Waals surface area contributed by atoms with Crippen molar-refractivity contribution in [2.75, 3.05) is 0 Å². The first-order valence-corrected chi connectivity index (χ1v) is 1.84. The molecule has 83 valence electrons. The van der Waals surface area contributed by atoms with Crippen molar-refractivity contribution < 1.29 is 79.2 Å². The van der Waals surface area contributed by atoms with Gasteiger partial charge in [-0.3, -0.25) is 0 Å². The fourth-order valence-corrected chi connectivity index (χ4v) is 0. The summed E-state index contributed by atoms with van der Waals surface area (Å²) in [5, 5.41) is 50.0. The minimum Gasteiger partial charge on any atom is -0.652 e. The van der Waals surface area contributed by atoms with Crippen LogP contribution in [0.25, 0.3) is 0 Å². The Balaban J connectivity index is -0.0000000184. The summed E-state index contributed by atoms with van der Waals surface area (Å²) in [4.78, 5) is 25.0. The van der Waals surface area contributed by atoms with E-state index in [-0.39, 0.29) is 57.2 Å². The first-order valence-electron chi connectivity index (χ1n) is 1.84. The van der Waals surface area contributed by atoms with Gasteiger partial charge in [0.05, 0.1) is 0 Å². The summed E-state index contributed by atoms with van der Waals surface area (Å²) in [7, 11) is 0. The van der Waals surface area contributed by atoms with Crippen LogP contribution in [0.4, 0.5) is 14.4 Å². The first-order chi connectivity index (χ1) is 5.20. The molecule has 12 heteroatoms. The molecule has 0 spiro atoms. The van der Waals surface area contributed by atoms with Gasteiger partial charge in [0.1, 0.15) is 0 Å². The molecule has 0 bridgehead atoms. The molecule has 0 heterocycles. The number of carbonyl (C=O) groups excluding carboxylic acids is 3. The van der Waals surface area contributed by atoms with Crippen LogP contribution in [-0.2, 0) is 34.1 Å². The van der Waals surface area contributed by atoms with Gasteiger partial charge in [0.15, 0.2) is 0 Å². The average molecular weight is 315 g/mol. The molecular weight excluding hydrogens is 315 g/mol. The van der Waals surface area contributed by atoms with E-state index in [0.717, 1.165) is 0 Å². The molecule has 0 atom stereocenters. The zero-order valence-corrected chi connectivity index (χ0v) is 10.3. The fourth-order valence-electron chi connectivity index (χ4n) is 0. The smallest absolute Gasteiger partial charge is 0.652 e. The second-order valence-electron chi connectivity index (χ2n) is 0.750. The standard InChI is InChI=1S/3CH2O3.Fe.Mg.Mn/c3*2-1(3)4;;;/h3*(H2,2,3,4);;;/q;;;3*+2/p-6. The van der Waals surface area contributed by atoms with Crippen molar-refractivity contribution in [2.45, 2.75) is 0 Å². The number of rotatable bonds is 0. The van der Waals surface area contributed by atoms with Gasteiger partial charge >= 0.3 is 57.2 Å². The van der Waals surface area contributed by atoms with Crippen LogP contribution in [0.1, 0.15) is 0 Å². The van der Waals surface area contributed by atoms with Gasteiger partial charge in [0.2, 0.25) is 0 Å². The Morgan fingerprint density at radius 2 is 0.600 bits per heavy atom. The van der Waals surface area contributed by atoms with Crippen molar-refractivity contribution >= 4 is 41.5 Å². The third-order valence-electron chi connectivity index (χ3n) is 0. The van der Waals surface area contributed by atoms with E-state index in [0.29, 0.717) is 0 Å². The quantitative estimate of drug-likeness (QED) is 0.390. The topological polar surface area (TPSA) is 190 Å². The van der Waals surface area contributed by atoms with Gasteiger partial charge in [-0.05, 0) is 18.5 Å². The Morgan fingerprint density at radius 3 is 0.600 bits per heavy atom. The van der Waals surface area contributed by atoms with Gasteiger partial charge in [0, 0.05) is 0 Å². The average Bonchev–Trinajstić information content (AvgIpc) is 1.54. The summed E-state index contributed by atoms with van der Waals surface area (Å²) >= 11 is 0. The molecule has 0 aliphatic carbocycles. The van der Waals surface area contributed by atoms with Gasteiger partial charge < -0.3 is 45.0 Å². The summed E-state index contributed by atoms with van der Waals surface area (Å²) in [6, 6.07) is 0. The van der Waals surface area contributed by atoms with E-state index < -0.39 is 18.5 Å². The van der Waals surface area contributed by atoms with Crippen LogP contribution in [0.15, 0.2) is 0 Å². The monoisotopic (exact) mass is 315 g/mol. The second kappa shape index (κ2) is 29.2. The predicted molar refractivity (Wildman–Crippen MR) is 21.9 cm³/mol. The van der Waals surface area contributed by atoms with E-state index in [2.05, 4.69) is 0 Å². The van der Waals surface area contributed by atoms with E-state index in [1.54, 1.807) is 0 Å². The number of hydrogen-bond acceptors (Lipinski definition) is 9. The van der Waals surface area contributed by atoms with Crippen LogP contribution in [0.3, 0.4) is 0 Å². The predicted octanol–water partition coefficient (Wildman–Crippen LogP) is -7.73. The van der Waals surface area contributed by atoms with Gasteiger partial charge in [-0.25, -0.2) is 0 Å². The Labute approximate surface area is 120 Å². The molecule has 0 amide bonds. The van der Waals surface area contributed by atoms with Crippen LogP contribution in [0.5, 0.6) is 0 Å². The van der Waals surface area contributed by atoms with Gasteiger partial charge in [0.25, 0.3) is 0 Å². The van der Waals surface area contributed by atoms with Crippen molar-refractivity contribution in [1.29, 1.82) is 0 Å². The zero-order chi connectivity index (χ0) is 10.7. The number of carbonyl (C=O) groups is 3. The minimum absolute atomic E-state index is 0. The largest absolute Gasteiger partial charge is 2.00 e. The molecule has 0 aromatic rings. The Kier molecular flexibility index (Phi) is 71.0. The maximum absolute atomic E-state index is 8.33. The van der Waals surface area contributed by atoms with Gasteiger partial charge in [-0.2, -0.15) is 0 Å². The van der Waals surface area contributed by atoms with Gasteiger partial charge in [-0.15, -0.1) is 0 Å². The molecule has 0 unspecified atom stereocenters. The Morgan fingerprint density at radius 1 is 0.600 bits per heavy atom. The molecule has 0 aromatic carbocycles. The van der Waals surface area contributed by atoms with Crippen LogP contribution in [-0.4, -0.2) is 41.5 Å². The zero-order valence-electron chi connectivity index (χ0n) is 6.61. The van der Waals surface area contributed by atoms with Crippen molar-refractivity contribution in [3.8, 4) is 0 Å².